The van der Waals surface area contributed by atoms with E-state index in [1.807, 2.05) is 0 Å². The summed E-state index contributed by atoms with van der Waals surface area (Å²) in [6.07, 6.45) is 0. The first kappa shape index (κ1) is 17.1. The van der Waals surface area contributed by atoms with Crippen LogP contribution in [0.1, 0.15) is 5.56 Å². The Bertz CT molecular complexity index is 1550. The molecule has 0 radical (unpaired) electrons. The van der Waals surface area contributed by atoms with Crippen LogP contribution in [-0.4, -0.2) is 0 Å². The van der Waals surface area contributed by atoms with Gasteiger partial charge in [-0.2, -0.15) is 0 Å². The summed E-state index contributed by atoms with van der Waals surface area (Å²) in [5.41, 5.74) is 7.81. The van der Waals surface area contributed by atoms with Crippen molar-refractivity contribution in [1.29, 1.82) is 0 Å². The van der Waals surface area contributed by atoms with E-state index >= 15 is 0 Å². The fourth-order valence-electron chi connectivity index (χ4n) is 4.53. The number of rotatable bonds is 2. The number of furan rings is 1. The van der Waals surface area contributed by atoms with Gasteiger partial charge in [0.1, 0.15) is 11.2 Å². The molecule has 0 spiro atoms. The van der Waals surface area contributed by atoms with E-state index in [1.165, 1.54) is 27.5 Å². The SMILES string of the molecule is Cc1cccc(-c2cccc3c2oc2c(-c4cccc5ccccc45)cccc23)c1. The second kappa shape index (κ2) is 6.60. The maximum Gasteiger partial charge on any atom is 0.143 e. The second-order valence-corrected chi connectivity index (χ2v) is 7.86. The summed E-state index contributed by atoms with van der Waals surface area (Å²) in [6, 6.07) is 36.5. The molecule has 0 fully saturated rings. The Labute approximate surface area is 175 Å². The normalized spacial score (nSPS) is 11.5. The molecule has 0 unspecified atom stereocenters. The van der Waals surface area contributed by atoms with E-state index < -0.39 is 0 Å². The number of hydrogen-bond donors (Lipinski definition) is 0. The molecule has 0 atom stereocenters. The molecule has 1 heteroatoms. The molecule has 142 valence electrons. The van der Waals surface area contributed by atoms with Crippen LogP contribution in [0.2, 0.25) is 0 Å². The molecule has 0 aliphatic carbocycles. The Kier molecular flexibility index (Phi) is 3.75. The number of hydrogen-bond acceptors (Lipinski definition) is 1. The van der Waals surface area contributed by atoms with Crippen LogP contribution in [0, 0.1) is 6.92 Å². The molecule has 1 heterocycles. The third kappa shape index (κ3) is 2.56. The van der Waals surface area contributed by atoms with Gasteiger partial charge in [-0.1, -0.05) is 109 Å². The van der Waals surface area contributed by atoms with Gasteiger partial charge in [0.25, 0.3) is 0 Å². The molecule has 0 bridgehead atoms. The molecule has 0 aliphatic heterocycles. The summed E-state index contributed by atoms with van der Waals surface area (Å²) in [5.74, 6) is 0. The Morgan fingerprint density at radius 2 is 1.10 bits per heavy atom. The summed E-state index contributed by atoms with van der Waals surface area (Å²) < 4.78 is 6.61. The minimum Gasteiger partial charge on any atom is -0.455 e. The molecule has 5 aromatic carbocycles. The van der Waals surface area contributed by atoms with Gasteiger partial charge in [0.05, 0.1) is 0 Å². The second-order valence-electron chi connectivity index (χ2n) is 7.86. The predicted octanol–water partition coefficient (Wildman–Crippen LogP) is 8.38. The van der Waals surface area contributed by atoms with Crippen molar-refractivity contribution in [2.75, 3.05) is 0 Å². The van der Waals surface area contributed by atoms with Crippen LogP contribution < -0.4 is 0 Å². The highest BCUT2D eigenvalue weighted by molar-refractivity contribution is 6.14. The van der Waals surface area contributed by atoms with E-state index in [4.69, 9.17) is 4.42 Å². The molecule has 1 aromatic heterocycles. The van der Waals surface area contributed by atoms with Crippen LogP contribution >= 0.6 is 0 Å². The number of fused-ring (bicyclic) bond motifs is 4. The van der Waals surface area contributed by atoms with Crippen molar-refractivity contribution in [3.63, 3.8) is 0 Å². The van der Waals surface area contributed by atoms with Crippen molar-refractivity contribution < 1.29 is 4.42 Å². The van der Waals surface area contributed by atoms with E-state index in [1.54, 1.807) is 0 Å². The van der Waals surface area contributed by atoms with Gasteiger partial charge in [-0.15, -0.1) is 0 Å². The van der Waals surface area contributed by atoms with Gasteiger partial charge in [0, 0.05) is 21.9 Å². The van der Waals surface area contributed by atoms with Crippen molar-refractivity contribution >= 4 is 32.7 Å². The average Bonchev–Trinajstić information content (AvgIpc) is 3.18. The van der Waals surface area contributed by atoms with Crippen LogP contribution in [-0.2, 0) is 0 Å². The molecular weight excluding hydrogens is 364 g/mol. The zero-order valence-corrected chi connectivity index (χ0v) is 16.7. The van der Waals surface area contributed by atoms with Crippen LogP contribution in [0.15, 0.2) is 108 Å². The predicted molar refractivity (Wildman–Crippen MR) is 127 cm³/mol. The quantitative estimate of drug-likeness (QED) is 0.292. The molecule has 0 saturated heterocycles. The molecule has 0 saturated carbocycles. The largest absolute Gasteiger partial charge is 0.455 e. The van der Waals surface area contributed by atoms with E-state index in [0.29, 0.717) is 0 Å². The zero-order valence-electron chi connectivity index (χ0n) is 16.7. The van der Waals surface area contributed by atoms with Gasteiger partial charge in [-0.25, -0.2) is 0 Å². The highest BCUT2D eigenvalue weighted by Gasteiger charge is 2.16. The van der Waals surface area contributed by atoms with Gasteiger partial charge in [-0.05, 0) is 28.8 Å². The minimum atomic E-state index is 0.948. The summed E-state index contributed by atoms with van der Waals surface area (Å²) in [5, 5.41) is 4.80. The van der Waals surface area contributed by atoms with Crippen molar-refractivity contribution in [1.82, 2.24) is 0 Å². The van der Waals surface area contributed by atoms with Crippen LogP contribution in [0.5, 0.6) is 0 Å². The lowest BCUT2D eigenvalue weighted by atomic mass is 9.96. The molecule has 0 amide bonds. The highest BCUT2D eigenvalue weighted by Crippen LogP contribution is 2.41. The Morgan fingerprint density at radius 3 is 1.93 bits per heavy atom. The Hall–Kier alpha value is -3.84. The van der Waals surface area contributed by atoms with E-state index in [9.17, 15) is 0 Å². The van der Waals surface area contributed by atoms with E-state index in [0.717, 1.165) is 33.1 Å². The zero-order chi connectivity index (χ0) is 20.1. The Morgan fingerprint density at radius 1 is 0.500 bits per heavy atom. The number of benzene rings is 5. The van der Waals surface area contributed by atoms with Gasteiger partial charge >= 0.3 is 0 Å². The smallest absolute Gasteiger partial charge is 0.143 e. The van der Waals surface area contributed by atoms with Crippen LogP contribution in [0.4, 0.5) is 0 Å². The first-order valence-corrected chi connectivity index (χ1v) is 10.3. The van der Waals surface area contributed by atoms with E-state index in [2.05, 4.69) is 110 Å². The van der Waals surface area contributed by atoms with Gasteiger partial charge in [0.15, 0.2) is 0 Å². The molecule has 30 heavy (non-hydrogen) atoms. The monoisotopic (exact) mass is 384 g/mol. The first-order chi connectivity index (χ1) is 14.8. The number of aryl methyl sites for hydroxylation is 1. The van der Waals surface area contributed by atoms with Gasteiger partial charge in [-0.3, -0.25) is 0 Å². The molecule has 0 N–H and O–H groups in total. The van der Waals surface area contributed by atoms with E-state index in [-0.39, 0.29) is 0 Å². The lowest BCUT2D eigenvalue weighted by molar-refractivity contribution is 0.671. The lowest BCUT2D eigenvalue weighted by Gasteiger charge is -2.07. The molecule has 1 nitrogen and oxygen atoms in total. The maximum atomic E-state index is 6.61. The Balaban J connectivity index is 1.68. The van der Waals surface area contributed by atoms with Crippen LogP contribution in [0.3, 0.4) is 0 Å². The number of para-hydroxylation sites is 2. The standard InChI is InChI=1S/C29H20O/c1-19-8-4-11-21(18-19)23-13-6-16-26-27-17-7-15-25(29(27)30-28(23)26)24-14-5-10-20-9-2-3-12-22(20)24/h2-18H,1H3. The fourth-order valence-corrected chi connectivity index (χ4v) is 4.53. The van der Waals surface area contributed by atoms with Gasteiger partial charge < -0.3 is 4.42 Å². The summed E-state index contributed by atoms with van der Waals surface area (Å²) in [4.78, 5) is 0. The summed E-state index contributed by atoms with van der Waals surface area (Å²) in [6.45, 7) is 2.13. The molecular formula is C29H20O. The summed E-state index contributed by atoms with van der Waals surface area (Å²) >= 11 is 0. The van der Waals surface area contributed by atoms with Crippen molar-refractivity contribution in [3.05, 3.63) is 109 Å². The summed E-state index contributed by atoms with van der Waals surface area (Å²) in [7, 11) is 0. The van der Waals surface area contributed by atoms with Crippen LogP contribution in [0.25, 0.3) is 55.0 Å². The average molecular weight is 384 g/mol. The van der Waals surface area contributed by atoms with Crippen molar-refractivity contribution in [2.45, 2.75) is 6.92 Å². The molecule has 6 rings (SSSR count). The topological polar surface area (TPSA) is 13.1 Å². The maximum absolute atomic E-state index is 6.61. The third-order valence-electron chi connectivity index (χ3n) is 5.93. The van der Waals surface area contributed by atoms with Crippen molar-refractivity contribution in [2.24, 2.45) is 0 Å². The first-order valence-electron chi connectivity index (χ1n) is 10.3. The highest BCUT2D eigenvalue weighted by atomic mass is 16.3. The van der Waals surface area contributed by atoms with Gasteiger partial charge in [0.2, 0.25) is 0 Å². The van der Waals surface area contributed by atoms with Crippen molar-refractivity contribution in [3.8, 4) is 22.3 Å². The third-order valence-corrected chi connectivity index (χ3v) is 5.93. The molecule has 0 aliphatic rings. The minimum absolute atomic E-state index is 0.948. The molecule has 6 aromatic rings. The lowest BCUT2D eigenvalue weighted by Crippen LogP contribution is -1.82. The fraction of sp³-hybridized carbons (Fsp3) is 0.0345.